The summed E-state index contributed by atoms with van der Waals surface area (Å²) in [5, 5.41) is 0.726. The zero-order valence-corrected chi connectivity index (χ0v) is 11.1. The third-order valence-corrected chi connectivity index (χ3v) is 3.86. The minimum Gasteiger partial charge on any atom is -0.488 e. The molecule has 0 radical (unpaired) electrons. The van der Waals surface area contributed by atoms with E-state index in [0.717, 1.165) is 37.1 Å². The van der Waals surface area contributed by atoms with Crippen molar-refractivity contribution >= 4 is 11.6 Å². The molecule has 2 aliphatic heterocycles. The van der Waals surface area contributed by atoms with Crippen molar-refractivity contribution in [3.8, 4) is 5.75 Å². The summed E-state index contributed by atoms with van der Waals surface area (Å²) in [6, 6.07) is 8.20. The first-order valence-electron chi connectivity index (χ1n) is 6.55. The maximum atomic E-state index is 5.93. The fourth-order valence-corrected chi connectivity index (χ4v) is 2.77. The highest BCUT2D eigenvalue weighted by Gasteiger charge is 2.34. The molecule has 0 bridgehead atoms. The molecule has 2 fully saturated rings. The molecule has 0 saturated carbocycles. The van der Waals surface area contributed by atoms with Gasteiger partial charge in [-0.1, -0.05) is 17.7 Å². The number of rotatable bonds is 3. The van der Waals surface area contributed by atoms with Gasteiger partial charge in [-0.2, -0.15) is 0 Å². The molecule has 0 N–H and O–H groups in total. The lowest BCUT2D eigenvalue weighted by atomic mass is 10.0. The molecule has 0 aliphatic carbocycles. The number of hydrogen-bond donors (Lipinski definition) is 0. The molecule has 2 aliphatic rings. The van der Waals surface area contributed by atoms with E-state index in [1.807, 2.05) is 24.3 Å². The van der Waals surface area contributed by atoms with Crippen LogP contribution in [0.1, 0.15) is 12.8 Å². The molecule has 3 nitrogen and oxygen atoms in total. The molecule has 0 spiro atoms. The Kier molecular flexibility index (Phi) is 3.73. The minimum atomic E-state index is 0.297. The Labute approximate surface area is 113 Å². The van der Waals surface area contributed by atoms with Crippen LogP contribution in [0.4, 0.5) is 0 Å². The highest BCUT2D eigenvalue weighted by molar-refractivity contribution is 6.30. The summed E-state index contributed by atoms with van der Waals surface area (Å²) in [5.41, 5.74) is 0. The molecule has 2 heterocycles. The molecule has 0 aromatic heterocycles. The van der Waals surface area contributed by atoms with Crippen LogP contribution in [0.3, 0.4) is 0 Å². The van der Waals surface area contributed by atoms with Crippen molar-refractivity contribution in [2.75, 3.05) is 26.3 Å². The molecular formula is C14H18ClNO2. The van der Waals surface area contributed by atoms with Crippen LogP contribution in [0.2, 0.25) is 5.02 Å². The van der Waals surface area contributed by atoms with Crippen molar-refractivity contribution in [1.82, 2.24) is 4.90 Å². The average molecular weight is 268 g/mol. The maximum Gasteiger partial charge on any atom is 0.124 e. The number of halogens is 1. The Morgan fingerprint density at radius 1 is 1.33 bits per heavy atom. The monoisotopic (exact) mass is 267 g/mol. The molecule has 0 amide bonds. The Hall–Kier alpha value is -0.770. The van der Waals surface area contributed by atoms with Crippen molar-refractivity contribution in [3.05, 3.63) is 29.3 Å². The Bertz CT molecular complexity index is 401. The fourth-order valence-electron chi connectivity index (χ4n) is 2.59. The predicted octanol–water partition coefficient (Wildman–Crippen LogP) is 2.58. The zero-order chi connectivity index (χ0) is 12.4. The normalized spacial score (nSPS) is 25.7. The van der Waals surface area contributed by atoms with E-state index in [2.05, 4.69) is 4.90 Å². The number of benzene rings is 1. The van der Waals surface area contributed by atoms with E-state index in [1.165, 1.54) is 12.8 Å². The molecule has 18 heavy (non-hydrogen) atoms. The topological polar surface area (TPSA) is 21.7 Å². The van der Waals surface area contributed by atoms with Crippen LogP contribution in [-0.2, 0) is 4.74 Å². The highest BCUT2D eigenvalue weighted by Crippen LogP contribution is 2.24. The smallest absolute Gasteiger partial charge is 0.124 e. The van der Waals surface area contributed by atoms with E-state index in [9.17, 15) is 0 Å². The van der Waals surface area contributed by atoms with Gasteiger partial charge in [-0.3, -0.25) is 4.90 Å². The van der Waals surface area contributed by atoms with Gasteiger partial charge in [0.15, 0.2) is 0 Å². The van der Waals surface area contributed by atoms with Gasteiger partial charge >= 0.3 is 0 Å². The Morgan fingerprint density at radius 2 is 2.22 bits per heavy atom. The molecule has 1 aromatic rings. The first-order valence-corrected chi connectivity index (χ1v) is 6.93. The average Bonchev–Trinajstić information content (AvgIpc) is 2.34. The van der Waals surface area contributed by atoms with Crippen LogP contribution >= 0.6 is 11.6 Å². The van der Waals surface area contributed by atoms with E-state index < -0.39 is 0 Å². The summed E-state index contributed by atoms with van der Waals surface area (Å²) in [7, 11) is 0. The number of nitrogens with zero attached hydrogens (tertiary/aromatic N) is 1. The third kappa shape index (κ3) is 2.79. The number of likely N-dealkylation sites (tertiary alicyclic amines) is 1. The van der Waals surface area contributed by atoms with Crippen molar-refractivity contribution in [1.29, 1.82) is 0 Å². The van der Waals surface area contributed by atoms with E-state index >= 15 is 0 Å². The van der Waals surface area contributed by atoms with Crippen molar-refractivity contribution in [2.24, 2.45) is 0 Å². The van der Waals surface area contributed by atoms with Crippen LogP contribution in [0.5, 0.6) is 5.75 Å². The SMILES string of the molecule is Clc1cccc(OC2CN([C@@H]3CCCOC3)C2)c1. The summed E-state index contributed by atoms with van der Waals surface area (Å²) < 4.78 is 11.4. The van der Waals surface area contributed by atoms with Crippen LogP contribution in [0.25, 0.3) is 0 Å². The first-order chi connectivity index (χ1) is 8.81. The molecule has 1 atom stereocenters. The van der Waals surface area contributed by atoms with Gasteiger partial charge in [0, 0.05) is 30.8 Å². The van der Waals surface area contributed by atoms with Crippen LogP contribution in [0, 0.1) is 0 Å². The quantitative estimate of drug-likeness (QED) is 0.840. The lowest BCUT2D eigenvalue weighted by Crippen LogP contribution is -2.59. The van der Waals surface area contributed by atoms with Gasteiger partial charge in [-0.05, 0) is 31.0 Å². The fraction of sp³-hybridized carbons (Fsp3) is 0.571. The maximum absolute atomic E-state index is 5.93. The predicted molar refractivity (Wildman–Crippen MR) is 71.3 cm³/mol. The molecule has 3 rings (SSSR count). The van der Waals surface area contributed by atoms with E-state index in [-0.39, 0.29) is 0 Å². The number of hydrogen-bond acceptors (Lipinski definition) is 3. The minimum absolute atomic E-state index is 0.297. The number of ether oxygens (including phenoxy) is 2. The van der Waals surface area contributed by atoms with Gasteiger partial charge in [0.1, 0.15) is 11.9 Å². The lowest BCUT2D eigenvalue weighted by Gasteiger charge is -2.45. The lowest BCUT2D eigenvalue weighted by molar-refractivity contribution is -0.0567. The van der Waals surface area contributed by atoms with Crippen molar-refractivity contribution < 1.29 is 9.47 Å². The first kappa shape index (κ1) is 12.3. The van der Waals surface area contributed by atoms with Crippen molar-refractivity contribution in [3.63, 3.8) is 0 Å². The van der Waals surface area contributed by atoms with E-state index in [1.54, 1.807) is 0 Å². The molecule has 4 heteroatoms. The standard InChI is InChI=1S/C14H18ClNO2/c15-11-3-1-5-13(7-11)18-14-8-16(9-14)12-4-2-6-17-10-12/h1,3,5,7,12,14H,2,4,6,8-10H2/t12-/m1/s1. The van der Waals surface area contributed by atoms with Gasteiger partial charge in [-0.25, -0.2) is 0 Å². The van der Waals surface area contributed by atoms with Crippen LogP contribution in [0.15, 0.2) is 24.3 Å². The Balaban J connectivity index is 1.47. The van der Waals surface area contributed by atoms with Gasteiger partial charge in [0.05, 0.1) is 6.61 Å². The summed E-state index contributed by atoms with van der Waals surface area (Å²) in [6.07, 6.45) is 2.73. The molecule has 2 saturated heterocycles. The summed E-state index contributed by atoms with van der Waals surface area (Å²) in [6.45, 7) is 3.80. The van der Waals surface area contributed by atoms with Gasteiger partial charge in [-0.15, -0.1) is 0 Å². The summed E-state index contributed by atoms with van der Waals surface area (Å²) >= 11 is 5.93. The van der Waals surface area contributed by atoms with E-state index in [4.69, 9.17) is 21.1 Å². The third-order valence-electron chi connectivity index (χ3n) is 3.63. The second kappa shape index (κ2) is 5.47. The molecular weight excluding hydrogens is 250 g/mol. The molecule has 98 valence electrons. The Morgan fingerprint density at radius 3 is 2.94 bits per heavy atom. The van der Waals surface area contributed by atoms with Crippen LogP contribution < -0.4 is 4.74 Å². The molecule has 1 aromatic carbocycles. The summed E-state index contributed by atoms with van der Waals surface area (Å²) in [4.78, 5) is 2.45. The van der Waals surface area contributed by atoms with E-state index in [0.29, 0.717) is 12.1 Å². The summed E-state index contributed by atoms with van der Waals surface area (Å²) in [5.74, 6) is 0.868. The largest absolute Gasteiger partial charge is 0.488 e. The van der Waals surface area contributed by atoms with Gasteiger partial charge in [0.2, 0.25) is 0 Å². The van der Waals surface area contributed by atoms with Crippen LogP contribution in [-0.4, -0.2) is 43.3 Å². The van der Waals surface area contributed by atoms with Gasteiger partial charge in [0.25, 0.3) is 0 Å². The molecule has 0 unspecified atom stereocenters. The zero-order valence-electron chi connectivity index (χ0n) is 10.3. The van der Waals surface area contributed by atoms with Crippen molar-refractivity contribution in [2.45, 2.75) is 25.0 Å². The second-order valence-electron chi connectivity index (χ2n) is 5.02. The second-order valence-corrected chi connectivity index (χ2v) is 5.46. The highest BCUT2D eigenvalue weighted by atomic mass is 35.5. The van der Waals surface area contributed by atoms with Gasteiger partial charge < -0.3 is 9.47 Å².